The average molecular weight is 188 g/mol. The molecule has 0 atom stereocenters. The Morgan fingerprint density at radius 2 is 2.33 bits per heavy atom. The van der Waals surface area contributed by atoms with Gasteiger partial charge >= 0.3 is 0 Å². The molecule has 0 bridgehead atoms. The molecule has 0 saturated heterocycles. The predicted molar refractivity (Wildman–Crippen MR) is 45.4 cm³/mol. The third-order valence-electron chi connectivity index (χ3n) is 2.13. The van der Waals surface area contributed by atoms with E-state index in [1.807, 2.05) is 0 Å². The van der Waals surface area contributed by atoms with E-state index in [2.05, 4.69) is 0 Å². The highest BCUT2D eigenvalue weighted by atomic mass is 35.5. The maximum Gasteiger partial charge on any atom is 0.197 e. The first-order chi connectivity index (χ1) is 5.65. The van der Waals surface area contributed by atoms with Crippen LogP contribution in [0.2, 0.25) is 5.22 Å². The molecule has 0 aromatic carbocycles. The van der Waals surface area contributed by atoms with Crippen LogP contribution in [0, 0.1) is 0 Å². The number of furan rings is 1. The second-order valence-corrected chi connectivity index (χ2v) is 3.48. The van der Waals surface area contributed by atoms with Crippen molar-refractivity contribution in [1.82, 2.24) is 0 Å². The second kappa shape index (κ2) is 2.41. The summed E-state index contributed by atoms with van der Waals surface area (Å²) in [4.78, 5) is 0. The average Bonchev–Trinajstić information content (AvgIpc) is 2.64. The molecule has 1 aliphatic rings. The number of ether oxygens (including phenoxy) is 1. The Balaban J connectivity index is 2.41. The molecule has 1 heterocycles. The van der Waals surface area contributed by atoms with Gasteiger partial charge < -0.3 is 14.9 Å². The fraction of sp³-hybridized carbons (Fsp3) is 0.500. The molecule has 0 unspecified atom stereocenters. The highest BCUT2D eigenvalue weighted by Crippen LogP contribution is 2.48. The van der Waals surface area contributed by atoms with Crippen molar-refractivity contribution in [3.05, 3.63) is 17.0 Å². The molecule has 2 N–H and O–H groups in total. The van der Waals surface area contributed by atoms with Crippen molar-refractivity contribution in [2.45, 2.75) is 18.4 Å². The van der Waals surface area contributed by atoms with E-state index in [1.165, 1.54) is 0 Å². The van der Waals surface area contributed by atoms with Crippen LogP contribution in [0.5, 0.6) is 5.75 Å². The smallest absolute Gasteiger partial charge is 0.197 e. The van der Waals surface area contributed by atoms with Gasteiger partial charge in [0.2, 0.25) is 0 Å². The summed E-state index contributed by atoms with van der Waals surface area (Å²) in [5, 5.41) is 0.332. The molecule has 66 valence electrons. The molecule has 1 aromatic rings. The van der Waals surface area contributed by atoms with Crippen LogP contribution in [-0.2, 0) is 5.54 Å². The van der Waals surface area contributed by atoms with Crippen LogP contribution in [-0.4, -0.2) is 7.11 Å². The van der Waals surface area contributed by atoms with Gasteiger partial charge in [0.1, 0.15) is 0 Å². The predicted octanol–water partition coefficient (Wildman–Crippen LogP) is 1.89. The minimum Gasteiger partial charge on any atom is -0.493 e. The van der Waals surface area contributed by atoms with E-state index >= 15 is 0 Å². The van der Waals surface area contributed by atoms with Crippen molar-refractivity contribution in [3.8, 4) is 5.75 Å². The van der Waals surface area contributed by atoms with Crippen LogP contribution in [0.15, 0.2) is 10.5 Å². The van der Waals surface area contributed by atoms with Crippen molar-refractivity contribution >= 4 is 11.6 Å². The first-order valence-electron chi connectivity index (χ1n) is 3.78. The maximum absolute atomic E-state index is 5.93. The van der Waals surface area contributed by atoms with Gasteiger partial charge in [-0.25, -0.2) is 0 Å². The first-order valence-corrected chi connectivity index (χ1v) is 4.16. The summed E-state index contributed by atoms with van der Waals surface area (Å²) in [5.74, 6) is 1.33. The minimum absolute atomic E-state index is 0.321. The largest absolute Gasteiger partial charge is 0.493 e. The summed E-state index contributed by atoms with van der Waals surface area (Å²) in [6, 6.07) is 1.64. The monoisotopic (exact) mass is 187 g/mol. The molecule has 12 heavy (non-hydrogen) atoms. The lowest BCUT2D eigenvalue weighted by atomic mass is 10.2. The summed E-state index contributed by atoms with van der Waals surface area (Å²) >= 11 is 5.68. The Hall–Kier alpha value is -0.670. The van der Waals surface area contributed by atoms with E-state index in [9.17, 15) is 0 Å². The molecule has 1 aromatic heterocycles. The van der Waals surface area contributed by atoms with Crippen molar-refractivity contribution in [2.75, 3.05) is 7.11 Å². The summed E-state index contributed by atoms with van der Waals surface area (Å²) < 4.78 is 10.3. The lowest BCUT2D eigenvalue weighted by Crippen LogP contribution is -2.18. The van der Waals surface area contributed by atoms with Crippen molar-refractivity contribution in [2.24, 2.45) is 5.73 Å². The molecular weight excluding hydrogens is 178 g/mol. The zero-order valence-electron chi connectivity index (χ0n) is 6.76. The van der Waals surface area contributed by atoms with Crippen LogP contribution >= 0.6 is 11.6 Å². The number of methoxy groups -OCH3 is 1. The van der Waals surface area contributed by atoms with Gasteiger partial charge in [0.15, 0.2) is 16.7 Å². The van der Waals surface area contributed by atoms with E-state index in [-0.39, 0.29) is 5.54 Å². The van der Waals surface area contributed by atoms with Crippen LogP contribution < -0.4 is 10.5 Å². The molecule has 4 heteroatoms. The number of halogens is 1. The van der Waals surface area contributed by atoms with E-state index in [1.54, 1.807) is 13.2 Å². The van der Waals surface area contributed by atoms with Crippen LogP contribution in [0.4, 0.5) is 0 Å². The normalized spacial score (nSPS) is 19.2. The van der Waals surface area contributed by atoms with E-state index < -0.39 is 0 Å². The molecule has 2 rings (SSSR count). The molecule has 0 aliphatic heterocycles. The number of hydrogen-bond donors (Lipinski definition) is 1. The molecule has 1 aliphatic carbocycles. The summed E-state index contributed by atoms with van der Waals surface area (Å²) in [7, 11) is 1.58. The van der Waals surface area contributed by atoms with Crippen LogP contribution in [0.3, 0.4) is 0 Å². The highest BCUT2D eigenvalue weighted by Gasteiger charge is 2.45. The number of nitrogens with two attached hydrogens (primary N) is 1. The van der Waals surface area contributed by atoms with Gasteiger partial charge in [-0.15, -0.1) is 0 Å². The number of hydrogen-bond acceptors (Lipinski definition) is 3. The third kappa shape index (κ3) is 1.09. The Kier molecular flexibility index (Phi) is 1.59. The Morgan fingerprint density at radius 1 is 1.67 bits per heavy atom. The standard InChI is InChI=1S/C8H10ClNO2/c1-11-5-4-6(9)12-7(5)8(10)2-3-8/h4H,2-3,10H2,1H3. The quantitative estimate of drug-likeness (QED) is 0.769. The Morgan fingerprint density at radius 3 is 2.83 bits per heavy atom. The van der Waals surface area contributed by atoms with Crippen molar-refractivity contribution in [1.29, 1.82) is 0 Å². The highest BCUT2D eigenvalue weighted by molar-refractivity contribution is 6.29. The minimum atomic E-state index is -0.321. The zero-order valence-corrected chi connectivity index (χ0v) is 7.52. The van der Waals surface area contributed by atoms with Gasteiger partial charge in [0, 0.05) is 6.07 Å². The summed E-state index contributed by atoms with van der Waals surface area (Å²) in [6.45, 7) is 0. The third-order valence-corrected chi connectivity index (χ3v) is 2.31. The molecule has 3 nitrogen and oxygen atoms in total. The van der Waals surface area contributed by atoms with Gasteiger partial charge in [0.05, 0.1) is 12.6 Å². The van der Waals surface area contributed by atoms with E-state index in [0.29, 0.717) is 16.7 Å². The van der Waals surface area contributed by atoms with Crippen LogP contribution in [0.1, 0.15) is 18.6 Å². The lowest BCUT2D eigenvalue weighted by Gasteiger charge is -2.06. The first kappa shape index (κ1) is 7.95. The lowest BCUT2D eigenvalue weighted by molar-refractivity contribution is 0.373. The Bertz CT molecular complexity index is 304. The zero-order chi connectivity index (χ0) is 8.77. The summed E-state index contributed by atoms with van der Waals surface area (Å²) in [5.41, 5.74) is 5.60. The topological polar surface area (TPSA) is 48.4 Å². The fourth-order valence-electron chi connectivity index (χ4n) is 1.21. The van der Waals surface area contributed by atoms with Gasteiger partial charge in [-0.3, -0.25) is 0 Å². The van der Waals surface area contributed by atoms with Gasteiger partial charge in [-0.1, -0.05) is 0 Å². The van der Waals surface area contributed by atoms with Gasteiger partial charge in [-0.2, -0.15) is 0 Å². The SMILES string of the molecule is COc1cc(Cl)oc1C1(N)CC1. The second-order valence-electron chi connectivity index (χ2n) is 3.10. The molecule has 0 spiro atoms. The van der Waals surface area contributed by atoms with Crippen LogP contribution in [0.25, 0.3) is 0 Å². The van der Waals surface area contributed by atoms with Gasteiger partial charge in [-0.05, 0) is 24.4 Å². The molecule has 0 radical (unpaired) electrons. The van der Waals surface area contributed by atoms with Gasteiger partial charge in [0.25, 0.3) is 0 Å². The Labute approximate surface area is 75.4 Å². The molecule has 0 amide bonds. The van der Waals surface area contributed by atoms with E-state index in [0.717, 1.165) is 12.8 Å². The molecule has 1 fully saturated rings. The van der Waals surface area contributed by atoms with Crippen molar-refractivity contribution in [3.63, 3.8) is 0 Å². The molecular formula is C8H10ClNO2. The van der Waals surface area contributed by atoms with Crippen molar-refractivity contribution < 1.29 is 9.15 Å². The number of rotatable bonds is 2. The molecule has 1 saturated carbocycles. The maximum atomic E-state index is 5.93. The van der Waals surface area contributed by atoms with E-state index in [4.69, 9.17) is 26.5 Å². The summed E-state index contributed by atoms with van der Waals surface area (Å²) in [6.07, 6.45) is 1.88. The fourth-order valence-corrected chi connectivity index (χ4v) is 1.38.